The van der Waals surface area contributed by atoms with Crippen LogP contribution in [-0.2, 0) is 19.8 Å². The van der Waals surface area contributed by atoms with E-state index in [4.69, 9.17) is 0 Å². The summed E-state index contributed by atoms with van der Waals surface area (Å²) >= 11 is 0. The predicted molar refractivity (Wildman–Crippen MR) is 86.8 cm³/mol. The predicted octanol–water partition coefficient (Wildman–Crippen LogP) is 4.22. The average molecular weight is 334 g/mol. The van der Waals surface area contributed by atoms with E-state index in [0.717, 1.165) is 28.2 Å². The van der Waals surface area contributed by atoms with Crippen LogP contribution in [0.15, 0.2) is 30.5 Å². The molecule has 0 aliphatic heterocycles. The van der Waals surface area contributed by atoms with Gasteiger partial charge in [-0.05, 0) is 25.5 Å². The molecule has 126 valence electrons. The first-order valence-corrected chi connectivity index (χ1v) is 7.47. The van der Waals surface area contributed by atoms with E-state index in [-0.39, 0.29) is 12.1 Å². The van der Waals surface area contributed by atoms with Gasteiger partial charge in [-0.15, -0.1) is 5.10 Å². The van der Waals surface area contributed by atoms with Crippen molar-refractivity contribution in [3.05, 3.63) is 53.0 Å². The first-order valence-electron chi connectivity index (χ1n) is 7.47. The number of nitrogens with zero attached hydrogens (tertiary/aromatic N) is 3. The summed E-state index contributed by atoms with van der Waals surface area (Å²) in [5.74, 6) is 0.491. The van der Waals surface area contributed by atoms with Gasteiger partial charge in [0, 0.05) is 36.3 Å². The average Bonchev–Trinajstić information content (AvgIpc) is 2.83. The van der Waals surface area contributed by atoms with E-state index in [1.165, 1.54) is 12.1 Å². The fourth-order valence-corrected chi connectivity index (χ4v) is 2.78. The van der Waals surface area contributed by atoms with E-state index in [1.807, 2.05) is 31.7 Å². The van der Waals surface area contributed by atoms with Crippen LogP contribution in [0.2, 0.25) is 0 Å². The molecule has 0 fully saturated rings. The Hall–Kier alpha value is -2.57. The molecule has 1 aromatic carbocycles. The number of halogens is 3. The molecule has 24 heavy (non-hydrogen) atoms. The maximum absolute atomic E-state index is 13.1. The Kier molecular flexibility index (Phi) is 3.95. The highest BCUT2D eigenvalue weighted by Gasteiger charge is 2.32. The highest BCUT2D eigenvalue weighted by atomic mass is 19.4. The quantitative estimate of drug-likeness (QED) is 0.780. The summed E-state index contributed by atoms with van der Waals surface area (Å²) in [4.78, 5) is 0. The molecule has 0 saturated carbocycles. The molecule has 0 spiro atoms. The van der Waals surface area contributed by atoms with Crippen molar-refractivity contribution in [2.75, 3.05) is 5.32 Å². The van der Waals surface area contributed by atoms with Crippen LogP contribution in [0.5, 0.6) is 0 Å². The second-order valence-corrected chi connectivity index (χ2v) is 5.76. The lowest BCUT2D eigenvalue weighted by Crippen LogP contribution is -2.12. The number of nitrogens with one attached hydrogen (secondary N) is 1. The zero-order valence-corrected chi connectivity index (χ0v) is 13.6. The molecular formula is C17H17F3N4. The summed E-state index contributed by atoms with van der Waals surface area (Å²) in [6.07, 6.45) is -2.43. The number of hydrogen-bond donors (Lipinski definition) is 1. The zero-order valence-electron chi connectivity index (χ0n) is 13.6. The Morgan fingerprint density at radius 1 is 1.12 bits per heavy atom. The van der Waals surface area contributed by atoms with E-state index in [0.29, 0.717) is 5.82 Å². The first kappa shape index (κ1) is 16.3. The van der Waals surface area contributed by atoms with Crippen molar-refractivity contribution in [1.82, 2.24) is 14.8 Å². The third kappa shape index (κ3) is 2.81. The highest BCUT2D eigenvalue weighted by Crippen LogP contribution is 2.33. The van der Waals surface area contributed by atoms with Crippen LogP contribution >= 0.6 is 0 Å². The molecule has 0 unspecified atom stereocenters. The smallest absolute Gasteiger partial charge is 0.364 e. The number of alkyl halides is 3. The van der Waals surface area contributed by atoms with Crippen molar-refractivity contribution >= 4 is 16.6 Å². The second-order valence-electron chi connectivity index (χ2n) is 5.76. The number of anilines is 1. The van der Waals surface area contributed by atoms with Crippen LogP contribution in [0, 0.1) is 13.8 Å². The number of hydrogen-bond acceptors (Lipinski definition) is 3. The van der Waals surface area contributed by atoms with E-state index in [9.17, 15) is 13.2 Å². The standard InChI is InChI=1S/C17H17F3N4/c1-10-13-9-24(3)11(2)15(13)16(23-22-10)21-8-12-6-4-5-7-14(12)17(18,19)20/h4-7,9H,8H2,1-3H3,(H,21,23). The normalized spacial score (nSPS) is 11.9. The van der Waals surface area contributed by atoms with E-state index in [2.05, 4.69) is 15.5 Å². The Morgan fingerprint density at radius 2 is 1.83 bits per heavy atom. The number of aryl methyl sites for hydroxylation is 3. The van der Waals surface area contributed by atoms with E-state index >= 15 is 0 Å². The van der Waals surface area contributed by atoms with Crippen molar-refractivity contribution in [2.45, 2.75) is 26.6 Å². The topological polar surface area (TPSA) is 42.7 Å². The SMILES string of the molecule is Cc1nnc(NCc2ccccc2C(F)(F)F)c2c(C)n(C)cc12. The van der Waals surface area contributed by atoms with Crippen molar-refractivity contribution < 1.29 is 13.2 Å². The lowest BCUT2D eigenvalue weighted by atomic mass is 10.1. The van der Waals surface area contributed by atoms with Crippen LogP contribution < -0.4 is 5.32 Å². The second kappa shape index (κ2) is 5.81. The van der Waals surface area contributed by atoms with Gasteiger partial charge in [0.25, 0.3) is 0 Å². The molecule has 0 amide bonds. The molecular weight excluding hydrogens is 317 g/mol. The number of rotatable bonds is 3. The van der Waals surface area contributed by atoms with Crippen molar-refractivity contribution in [3.63, 3.8) is 0 Å². The highest BCUT2D eigenvalue weighted by molar-refractivity contribution is 5.95. The van der Waals surface area contributed by atoms with Crippen LogP contribution in [0.25, 0.3) is 10.8 Å². The van der Waals surface area contributed by atoms with Crippen LogP contribution in [0.4, 0.5) is 19.0 Å². The van der Waals surface area contributed by atoms with Gasteiger partial charge in [0.15, 0.2) is 5.82 Å². The van der Waals surface area contributed by atoms with Gasteiger partial charge in [-0.2, -0.15) is 18.3 Å². The minimum absolute atomic E-state index is 0.0247. The molecule has 0 radical (unpaired) electrons. The maximum Gasteiger partial charge on any atom is 0.416 e. The molecule has 0 bridgehead atoms. The van der Waals surface area contributed by atoms with Gasteiger partial charge >= 0.3 is 6.18 Å². The zero-order chi connectivity index (χ0) is 17.5. The monoisotopic (exact) mass is 334 g/mol. The molecule has 2 aromatic heterocycles. The van der Waals surface area contributed by atoms with Crippen LogP contribution in [0.1, 0.15) is 22.5 Å². The fourth-order valence-electron chi connectivity index (χ4n) is 2.78. The molecule has 0 aliphatic rings. The largest absolute Gasteiger partial charge is 0.416 e. The number of aromatic nitrogens is 3. The van der Waals surface area contributed by atoms with Gasteiger partial charge in [0.05, 0.1) is 11.3 Å². The third-order valence-corrected chi connectivity index (χ3v) is 4.18. The molecule has 3 aromatic rings. The molecule has 3 rings (SSSR count). The van der Waals surface area contributed by atoms with Gasteiger partial charge < -0.3 is 9.88 Å². The minimum atomic E-state index is -4.38. The van der Waals surface area contributed by atoms with E-state index < -0.39 is 11.7 Å². The lowest BCUT2D eigenvalue weighted by molar-refractivity contribution is -0.138. The third-order valence-electron chi connectivity index (χ3n) is 4.18. The fraction of sp³-hybridized carbons (Fsp3) is 0.294. The molecule has 7 heteroatoms. The van der Waals surface area contributed by atoms with Gasteiger partial charge in [0.1, 0.15) is 0 Å². The summed E-state index contributed by atoms with van der Waals surface area (Å²) in [6, 6.07) is 5.53. The summed E-state index contributed by atoms with van der Waals surface area (Å²) in [5.41, 5.74) is 1.30. The lowest BCUT2D eigenvalue weighted by Gasteiger charge is -2.14. The molecule has 4 nitrogen and oxygen atoms in total. The molecule has 2 heterocycles. The van der Waals surface area contributed by atoms with Crippen molar-refractivity contribution in [1.29, 1.82) is 0 Å². The Morgan fingerprint density at radius 3 is 2.54 bits per heavy atom. The summed E-state index contributed by atoms with van der Waals surface area (Å²) in [5, 5.41) is 13.1. The minimum Gasteiger partial charge on any atom is -0.364 e. The van der Waals surface area contributed by atoms with Crippen molar-refractivity contribution in [3.8, 4) is 0 Å². The Labute approximate surface area is 137 Å². The van der Waals surface area contributed by atoms with Crippen LogP contribution in [0.3, 0.4) is 0 Å². The Balaban J connectivity index is 1.97. The molecule has 0 saturated heterocycles. The van der Waals surface area contributed by atoms with Gasteiger partial charge in [-0.3, -0.25) is 0 Å². The number of benzene rings is 1. The van der Waals surface area contributed by atoms with Crippen molar-refractivity contribution in [2.24, 2.45) is 7.05 Å². The van der Waals surface area contributed by atoms with Gasteiger partial charge in [0.2, 0.25) is 0 Å². The summed E-state index contributed by atoms with van der Waals surface area (Å²) in [7, 11) is 1.91. The summed E-state index contributed by atoms with van der Waals surface area (Å²) < 4.78 is 41.2. The number of fused-ring (bicyclic) bond motifs is 1. The molecule has 0 atom stereocenters. The van der Waals surface area contributed by atoms with Crippen LogP contribution in [-0.4, -0.2) is 14.8 Å². The van der Waals surface area contributed by atoms with Gasteiger partial charge in [-0.1, -0.05) is 18.2 Å². The first-order chi connectivity index (χ1) is 11.3. The Bertz CT molecular complexity index is 897. The van der Waals surface area contributed by atoms with E-state index in [1.54, 1.807) is 6.07 Å². The summed E-state index contributed by atoms with van der Waals surface area (Å²) in [6.45, 7) is 3.83. The molecule has 1 N–H and O–H groups in total. The molecule has 0 aliphatic carbocycles. The van der Waals surface area contributed by atoms with Gasteiger partial charge in [-0.25, -0.2) is 0 Å². The maximum atomic E-state index is 13.1.